The Kier molecular flexibility index (Phi) is 3.24. The fourth-order valence-electron chi connectivity index (χ4n) is 2.49. The zero-order chi connectivity index (χ0) is 15.8. The van der Waals surface area contributed by atoms with Crippen molar-refractivity contribution in [3.05, 3.63) is 71.8 Å². The van der Waals surface area contributed by atoms with Gasteiger partial charge in [0.15, 0.2) is 0 Å². The summed E-state index contributed by atoms with van der Waals surface area (Å²) in [4.78, 5) is 1.43. The number of fused-ring (bicyclic) bond motifs is 1. The summed E-state index contributed by atoms with van der Waals surface area (Å²) in [6.07, 6.45) is 0. The molecule has 4 aromatic rings. The molecule has 4 nitrogen and oxygen atoms in total. The number of aromatic hydroxyl groups is 1. The van der Waals surface area contributed by atoms with Gasteiger partial charge in [-0.15, -0.1) is 15.0 Å². The highest BCUT2D eigenvalue weighted by Gasteiger charge is 2.11. The number of phenolic OH excluding ortho intramolecular Hbond substituents is 1. The minimum Gasteiger partial charge on any atom is -0.506 e. The lowest BCUT2D eigenvalue weighted by atomic mass is 10.1. The van der Waals surface area contributed by atoms with Crippen LogP contribution in [0.5, 0.6) is 5.75 Å². The van der Waals surface area contributed by atoms with Crippen LogP contribution < -0.4 is 0 Å². The molecule has 0 amide bonds. The van der Waals surface area contributed by atoms with Gasteiger partial charge >= 0.3 is 0 Å². The van der Waals surface area contributed by atoms with Gasteiger partial charge in [-0.3, -0.25) is 0 Å². The Bertz CT molecular complexity index is 996. The molecule has 0 aliphatic carbocycles. The fraction of sp³-hybridized carbons (Fsp3) is 0. The molecule has 0 radical (unpaired) electrons. The van der Waals surface area contributed by atoms with Crippen molar-refractivity contribution < 1.29 is 5.11 Å². The second-order valence-corrected chi connectivity index (χ2v) is 5.63. The summed E-state index contributed by atoms with van der Waals surface area (Å²) in [5, 5.41) is 19.6. The van der Waals surface area contributed by atoms with Gasteiger partial charge in [-0.25, -0.2) is 0 Å². The molecule has 0 aliphatic heterocycles. The number of hydrogen-bond donors (Lipinski definition) is 1. The first-order valence-corrected chi connectivity index (χ1v) is 7.50. The van der Waals surface area contributed by atoms with E-state index in [0.717, 1.165) is 16.6 Å². The number of benzene rings is 3. The Hall–Kier alpha value is -2.85. The lowest BCUT2D eigenvalue weighted by molar-refractivity contribution is 0.468. The highest BCUT2D eigenvalue weighted by atomic mass is 35.5. The third kappa shape index (κ3) is 2.53. The first kappa shape index (κ1) is 13.8. The summed E-state index contributed by atoms with van der Waals surface area (Å²) in [5.41, 5.74) is 3.98. The Balaban J connectivity index is 1.86. The van der Waals surface area contributed by atoms with Gasteiger partial charge in [-0.1, -0.05) is 48.0 Å². The van der Waals surface area contributed by atoms with Gasteiger partial charge < -0.3 is 5.11 Å². The fourth-order valence-corrected chi connectivity index (χ4v) is 2.66. The molecule has 4 rings (SSSR count). The highest BCUT2D eigenvalue weighted by Crippen LogP contribution is 2.28. The van der Waals surface area contributed by atoms with E-state index in [1.165, 1.54) is 4.80 Å². The molecular weight excluding hydrogens is 310 g/mol. The molecule has 1 N–H and O–H groups in total. The van der Waals surface area contributed by atoms with Crippen LogP contribution in [0, 0.1) is 0 Å². The van der Waals surface area contributed by atoms with Gasteiger partial charge in [0, 0.05) is 5.02 Å². The second-order valence-electron chi connectivity index (χ2n) is 5.19. The van der Waals surface area contributed by atoms with Crippen molar-refractivity contribution in [3.63, 3.8) is 0 Å². The molecule has 0 spiro atoms. The van der Waals surface area contributed by atoms with Gasteiger partial charge in [0.1, 0.15) is 22.5 Å². The third-order valence-electron chi connectivity index (χ3n) is 3.64. The molecule has 0 saturated heterocycles. The van der Waals surface area contributed by atoms with E-state index in [1.807, 2.05) is 42.5 Å². The molecule has 0 saturated carbocycles. The van der Waals surface area contributed by atoms with Crippen molar-refractivity contribution in [1.29, 1.82) is 0 Å². The maximum atomic E-state index is 10.2. The van der Waals surface area contributed by atoms with Crippen LogP contribution in [0.3, 0.4) is 0 Å². The van der Waals surface area contributed by atoms with Crippen molar-refractivity contribution in [2.75, 3.05) is 0 Å². The minimum absolute atomic E-state index is 0.121. The van der Waals surface area contributed by atoms with Crippen LogP contribution in [0.4, 0.5) is 0 Å². The number of nitrogens with zero attached hydrogens (tertiary/aromatic N) is 3. The lowest BCUT2D eigenvalue weighted by Crippen LogP contribution is -1.99. The topological polar surface area (TPSA) is 50.9 Å². The lowest BCUT2D eigenvalue weighted by Gasteiger charge is -2.07. The van der Waals surface area contributed by atoms with Crippen LogP contribution in [0.25, 0.3) is 27.8 Å². The van der Waals surface area contributed by atoms with Crippen molar-refractivity contribution in [3.8, 4) is 22.6 Å². The molecule has 0 bridgehead atoms. The maximum Gasteiger partial charge on any atom is 0.143 e. The number of rotatable bonds is 2. The molecule has 0 atom stereocenters. The van der Waals surface area contributed by atoms with Crippen LogP contribution in [0.15, 0.2) is 66.7 Å². The Morgan fingerprint density at radius 2 is 1.57 bits per heavy atom. The largest absolute Gasteiger partial charge is 0.506 e. The summed E-state index contributed by atoms with van der Waals surface area (Å²) >= 11 is 5.98. The molecule has 3 aromatic carbocycles. The number of phenols is 1. The molecule has 1 aromatic heterocycles. The summed E-state index contributed by atoms with van der Waals surface area (Å²) in [7, 11) is 0. The molecule has 23 heavy (non-hydrogen) atoms. The summed E-state index contributed by atoms with van der Waals surface area (Å²) in [5.74, 6) is 0.121. The smallest absolute Gasteiger partial charge is 0.143 e. The normalized spacial score (nSPS) is 11.0. The molecular formula is C18H12ClN3O. The zero-order valence-corrected chi connectivity index (χ0v) is 12.8. The van der Waals surface area contributed by atoms with Crippen LogP contribution in [0.2, 0.25) is 5.02 Å². The van der Waals surface area contributed by atoms with Gasteiger partial charge in [0.25, 0.3) is 0 Å². The van der Waals surface area contributed by atoms with Gasteiger partial charge in [-0.2, -0.15) is 0 Å². The van der Waals surface area contributed by atoms with E-state index < -0.39 is 0 Å². The van der Waals surface area contributed by atoms with Crippen molar-refractivity contribution in [1.82, 2.24) is 15.0 Å². The second kappa shape index (κ2) is 5.41. The molecule has 0 aliphatic rings. The van der Waals surface area contributed by atoms with E-state index in [2.05, 4.69) is 10.2 Å². The number of hydrogen-bond acceptors (Lipinski definition) is 3. The molecule has 1 heterocycles. The number of halogens is 1. The van der Waals surface area contributed by atoms with E-state index in [9.17, 15) is 5.11 Å². The summed E-state index contributed by atoms with van der Waals surface area (Å²) < 4.78 is 0. The van der Waals surface area contributed by atoms with Crippen LogP contribution in [-0.2, 0) is 0 Å². The highest BCUT2D eigenvalue weighted by molar-refractivity contribution is 6.31. The average molecular weight is 322 g/mol. The Morgan fingerprint density at radius 3 is 2.39 bits per heavy atom. The Morgan fingerprint density at radius 1 is 0.783 bits per heavy atom. The van der Waals surface area contributed by atoms with Gasteiger partial charge in [0.2, 0.25) is 0 Å². The van der Waals surface area contributed by atoms with E-state index in [1.54, 1.807) is 24.3 Å². The predicted molar refractivity (Wildman–Crippen MR) is 91.0 cm³/mol. The van der Waals surface area contributed by atoms with E-state index in [4.69, 9.17) is 11.6 Å². The zero-order valence-electron chi connectivity index (χ0n) is 12.0. The summed E-state index contributed by atoms with van der Waals surface area (Å²) in [6.45, 7) is 0. The average Bonchev–Trinajstić information content (AvgIpc) is 2.99. The van der Waals surface area contributed by atoms with Crippen molar-refractivity contribution in [2.24, 2.45) is 0 Å². The SMILES string of the molecule is Oc1ccc(-c2ccccc2)cc1-n1nc2ccc(Cl)cc2n1. The molecule has 0 unspecified atom stereocenters. The van der Waals surface area contributed by atoms with Crippen LogP contribution >= 0.6 is 11.6 Å². The maximum absolute atomic E-state index is 10.2. The monoisotopic (exact) mass is 321 g/mol. The van der Waals surface area contributed by atoms with E-state index in [0.29, 0.717) is 16.2 Å². The first-order valence-electron chi connectivity index (χ1n) is 7.12. The minimum atomic E-state index is 0.121. The predicted octanol–water partition coefficient (Wildman–Crippen LogP) is 4.45. The van der Waals surface area contributed by atoms with Crippen LogP contribution in [0.1, 0.15) is 0 Å². The standard InChI is InChI=1S/C18H12ClN3O/c19-14-7-8-15-16(11-14)21-22(20-15)17-10-13(6-9-18(17)23)12-4-2-1-3-5-12/h1-11,23H. The molecule has 0 fully saturated rings. The molecule has 112 valence electrons. The molecule has 5 heteroatoms. The van der Waals surface area contributed by atoms with Crippen molar-refractivity contribution in [2.45, 2.75) is 0 Å². The van der Waals surface area contributed by atoms with Gasteiger partial charge in [-0.05, 0) is 41.5 Å². The third-order valence-corrected chi connectivity index (χ3v) is 3.88. The quantitative estimate of drug-likeness (QED) is 0.593. The van der Waals surface area contributed by atoms with E-state index >= 15 is 0 Å². The number of aromatic nitrogens is 3. The Labute approximate surface area is 137 Å². The van der Waals surface area contributed by atoms with Crippen LogP contribution in [-0.4, -0.2) is 20.1 Å². The van der Waals surface area contributed by atoms with E-state index in [-0.39, 0.29) is 5.75 Å². The summed E-state index contributed by atoms with van der Waals surface area (Å²) in [6, 6.07) is 20.7. The van der Waals surface area contributed by atoms with Crippen molar-refractivity contribution >= 4 is 22.6 Å². The van der Waals surface area contributed by atoms with Gasteiger partial charge in [0.05, 0.1) is 0 Å². The first-order chi connectivity index (χ1) is 11.2.